The second kappa shape index (κ2) is 7.18. The van der Waals surface area contributed by atoms with Gasteiger partial charge in [0.1, 0.15) is 11.5 Å². The molecule has 2 aromatic carbocycles. The summed E-state index contributed by atoms with van der Waals surface area (Å²) in [5.74, 6) is 1.48. The van der Waals surface area contributed by atoms with Crippen LogP contribution in [0.1, 0.15) is 22.9 Å². The first kappa shape index (κ1) is 17.6. The second-order valence-corrected chi connectivity index (χ2v) is 7.80. The molecule has 144 valence electrons. The Morgan fingerprint density at radius 1 is 1.03 bits per heavy atom. The van der Waals surface area contributed by atoms with E-state index in [2.05, 4.69) is 52.9 Å². The summed E-state index contributed by atoms with van der Waals surface area (Å²) in [6.07, 6.45) is 3.78. The first-order valence-corrected chi connectivity index (χ1v) is 10.0. The maximum Gasteiger partial charge on any atom is 0.215 e. The summed E-state index contributed by atoms with van der Waals surface area (Å²) in [7, 11) is 0. The number of thioether (sulfide) groups is 1. The van der Waals surface area contributed by atoms with Crippen LogP contribution in [0.2, 0.25) is 0 Å². The van der Waals surface area contributed by atoms with Crippen molar-refractivity contribution in [1.82, 2.24) is 14.9 Å². The van der Waals surface area contributed by atoms with Crippen molar-refractivity contribution < 1.29 is 9.52 Å². The van der Waals surface area contributed by atoms with Crippen LogP contribution in [-0.4, -0.2) is 20.0 Å². The van der Waals surface area contributed by atoms with Gasteiger partial charge in [0.05, 0.1) is 22.8 Å². The van der Waals surface area contributed by atoms with Crippen LogP contribution in [0.3, 0.4) is 0 Å². The third-order valence-electron chi connectivity index (χ3n) is 4.77. The normalized spacial score (nSPS) is 15.9. The van der Waals surface area contributed by atoms with Gasteiger partial charge in [0.2, 0.25) is 5.16 Å². The minimum Gasteiger partial charge on any atom is -0.507 e. The molecule has 1 atom stereocenters. The van der Waals surface area contributed by atoms with Gasteiger partial charge in [-0.2, -0.15) is 0 Å². The Kier molecular flexibility index (Phi) is 4.37. The Balaban J connectivity index is 1.64. The highest BCUT2D eigenvalue weighted by molar-refractivity contribution is 8.08. The lowest BCUT2D eigenvalue weighted by molar-refractivity contribution is 0.476. The summed E-state index contributed by atoms with van der Waals surface area (Å²) in [4.78, 5) is 0.947. The summed E-state index contributed by atoms with van der Waals surface area (Å²) in [6.45, 7) is 2.07. The molecule has 0 saturated heterocycles. The molecular formula is C22H18N4O2S. The number of phenolic OH excluding ortho intramolecular Hbond substituents is 1. The molecule has 0 fully saturated rings. The van der Waals surface area contributed by atoms with Crippen LogP contribution in [0.25, 0.3) is 16.3 Å². The number of benzene rings is 2. The molecule has 3 heterocycles. The van der Waals surface area contributed by atoms with Gasteiger partial charge in [0.25, 0.3) is 0 Å². The first-order chi connectivity index (χ1) is 14.2. The Labute approximate surface area is 171 Å². The quantitative estimate of drug-likeness (QED) is 0.503. The lowest BCUT2D eigenvalue weighted by atomic mass is 10.0. The van der Waals surface area contributed by atoms with Crippen LogP contribution in [0.5, 0.6) is 5.75 Å². The molecule has 6 nitrogen and oxygen atoms in total. The number of aryl methyl sites for hydroxylation is 1. The molecule has 7 heteroatoms. The fourth-order valence-corrected chi connectivity index (χ4v) is 4.18. The average molecular weight is 402 g/mol. The standard InChI is InChI=1S/C22H18N4O2S/c1-14-8-10-15(11-9-14)17-13-20(19-7-4-12-28-19)29-22-24-23-21(26(22)25-17)16-5-2-3-6-18(16)27/h2-13,17,25,27H,1H3. The Bertz CT molecular complexity index is 1180. The summed E-state index contributed by atoms with van der Waals surface area (Å²) in [6, 6.07) is 19.2. The molecule has 0 aliphatic carbocycles. The number of furan rings is 1. The van der Waals surface area contributed by atoms with Crippen molar-refractivity contribution in [2.45, 2.75) is 18.1 Å². The van der Waals surface area contributed by atoms with Crippen molar-refractivity contribution in [1.29, 1.82) is 0 Å². The molecule has 1 aliphatic heterocycles. The van der Waals surface area contributed by atoms with Crippen molar-refractivity contribution in [2.24, 2.45) is 0 Å². The summed E-state index contributed by atoms with van der Waals surface area (Å²) >= 11 is 1.47. The largest absolute Gasteiger partial charge is 0.507 e. The SMILES string of the molecule is Cc1ccc(C2C=C(c3ccco3)Sc3nnc(-c4ccccc4O)n3N2)cc1. The zero-order valence-corrected chi connectivity index (χ0v) is 16.4. The first-order valence-electron chi connectivity index (χ1n) is 9.19. The minimum atomic E-state index is -0.134. The molecule has 0 radical (unpaired) electrons. The van der Waals surface area contributed by atoms with Gasteiger partial charge in [-0.3, -0.25) is 0 Å². The molecule has 4 aromatic rings. The lowest BCUT2D eigenvalue weighted by Crippen LogP contribution is -2.20. The molecular weight excluding hydrogens is 384 g/mol. The third-order valence-corrected chi connectivity index (χ3v) is 5.77. The summed E-state index contributed by atoms with van der Waals surface area (Å²) in [5, 5.41) is 19.7. The van der Waals surface area contributed by atoms with E-state index in [9.17, 15) is 5.11 Å². The molecule has 0 saturated carbocycles. The van der Waals surface area contributed by atoms with Crippen LogP contribution in [0.15, 0.2) is 82.6 Å². The predicted molar refractivity (Wildman–Crippen MR) is 113 cm³/mol. The Morgan fingerprint density at radius 3 is 2.62 bits per heavy atom. The predicted octanol–water partition coefficient (Wildman–Crippen LogP) is 4.98. The van der Waals surface area contributed by atoms with Crippen molar-refractivity contribution in [2.75, 3.05) is 5.43 Å². The van der Waals surface area contributed by atoms with Crippen molar-refractivity contribution >= 4 is 16.7 Å². The highest BCUT2D eigenvalue weighted by atomic mass is 32.2. The van der Waals surface area contributed by atoms with E-state index >= 15 is 0 Å². The fourth-order valence-electron chi connectivity index (χ4n) is 3.25. The van der Waals surface area contributed by atoms with E-state index in [0.29, 0.717) is 16.5 Å². The zero-order valence-electron chi connectivity index (χ0n) is 15.6. The molecule has 0 amide bonds. The molecule has 0 spiro atoms. The molecule has 1 aliphatic rings. The minimum absolute atomic E-state index is 0.134. The molecule has 2 aromatic heterocycles. The van der Waals surface area contributed by atoms with Gasteiger partial charge in [-0.05, 0) is 54.6 Å². The summed E-state index contributed by atoms with van der Waals surface area (Å²) in [5.41, 5.74) is 6.42. The van der Waals surface area contributed by atoms with Crippen molar-refractivity contribution in [3.05, 3.63) is 89.9 Å². The molecule has 1 unspecified atom stereocenters. The van der Waals surface area contributed by atoms with Gasteiger partial charge >= 0.3 is 0 Å². The van der Waals surface area contributed by atoms with E-state index in [1.54, 1.807) is 18.4 Å². The Hall–Kier alpha value is -3.45. The monoisotopic (exact) mass is 402 g/mol. The second-order valence-electron chi connectivity index (χ2n) is 6.79. The molecule has 29 heavy (non-hydrogen) atoms. The highest BCUT2D eigenvalue weighted by Gasteiger charge is 2.25. The van der Waals surface area contributed by atoms with E-state index in [0.717, 1.165) is 16.2 Å². The van der Waals surface area contributed by atoms with Crippen molar-refractivity contribution in [3.8, 4) is 17.1 Å². The number of hydrogen-bond acceptors (Lipinski definition) is 6. The van der Waals surface area contributed by atoms with E-state index < -0.39 is 0 Å². The number of fused-ring (bicyclic) bond motifs is 1. The molecule has 2 N–H and O–H groups in total. The van der Waals surface area contributed by atoms with Crippen LogP contribution in [0.4, 0.5) is 0 Å². The third kappa shape index (κ3) is 3.30. The number of nitrogens with one attached hydrogen (secondary N) is 1. The Morgan fingerprint density at radius 2 is 1.86 bits per heavy atom. The fraction of sp³-hybridized carbons (Fsp3) is 0.0909. The van der Waals surface area contributed by atoms with E-state index in [1.165, 1.54) is 17.3 Å². The molecule has 5 rings (SSSR count). The highest BCUT2D eigenvalue weighted by Crippen LogP contribution is 2.40. The van der Waals surface area contributed by atoms with Crippen molar-refractivity contribution in [3.63, 3.8) is 0 Å². The van der Waals surface area contributed by atoms with Gasteiger partial charge < -0.3 is 14.9 Å². The van der Waals surface area contributed by atoms with E-state index in [1.807, 2.05) is 28.9 Å². The maximum absolute atomic E-state index is 10.3. The maximum atomic E-state index is 10.3. The topological polar surface area (TPSA) is 76.1 Å². The van der Waals surface area contributed by atoms with Gasteiger partial charge in [0, 0.05) is 0 Å². The van der Waals surface area contributed by atoms with E-state index in [-0.39, 0.29) is 11.8 Å². The lowest BCUT2D eigenvalue weighted by Gasteiger charge is -2.18. The number of aromatic hydroxyl groups is 1. The number of hydrogen-bond donors (Lipinski definition) is 2. The summed E-state index contributed by atoms with van der Waals surface area (Å²) < 4.78 is 7.47. The zero-order chi connectivity index (χ0) is 19.8. The van der Waals surface area contributed by atoms with Crippen LogP contribution < -0.4 is 5.43 Å². The number of aromatic nitrogens is 3. The number of phenols is 1. The number of para-hydroxylation sites is 1. The van der Waals surface area contributed by atoms with Gasteiger partial charge in [-0.1, -0.05) is 42.0 Å². The smallest absolute Gasteiger partial charge is 0.215 e. The molecule has 0 bridgehead atoms. The van der Waals surface area contributed by atoms with E-state index in [4.69, 9.17) is 4.42 Å². The van der Waals surface area contributed by atoms with Gasteiger partial charge in [-0.25, -0.2) is 4.68 Å². The number of rotatable bonds is 3. The number of nitrogens with zero attached hydrogens (tertiary/aromatic N) is 3. The van der Waals surface area contributed by atoms with Gasteiger partial charge in [0.15, 0.2) is 5.82 Å². The van der Waals surface area contributed by atoms with Crippen LogP contribution in [-0.2, 0) is 0 Å². The average Bonchev–Trinajstić information content (AvgIpc) is 3.35. The van der Waals surface area contributed by atoms with Gasteiger partial charge in [-0.15, -0.1) is 10.2 Å². The van der Waals surface area contributed by atoms with Crippen LogP contribution >= 0.6 is 11.8 Å². The van der Waals surface area contributed by atoms with Crippen LogP contribution in [0, 0.1) is 6.92 Å².